The van der Waals surface area contributed by atoms with Crippen molar-refractivity contribution < 1.29 is 13.6 Å². The zero-order valence-electron chi connectivity index (χ0n) is 14.3. The highest BCUT2D eigenvalue weighted by atomic mass is 127. The first-order valence-electron chi connectivity index (χ1n) is 8.17. The lowest BCUT2D eigenvalue weighted by molar-refractivity contribution is -0.119. The summed E-state index contributed by atoms with van der Waals surface area (Å²) < 4.78 is 26.8. The maximum atomic E-state index is 13.6. The molecule has 0 bridgehead atoms. The molecule has 5 nitrogen and oxygen atoms in total. The van der Waals surface area contributed by atoms with E-state index < -0.39 is 11.6 Å². The predicted octanol–water partition coefficient (Wildman–Crippen LogP) is 2.29. The van der Waals surface area contributed by atoms with Gasteiger partial charge in [-0.2, -0.15) is 0 Å². The molecular weight excluding hydrogens is 441 g/mol. The molecule has 0 radical (unpaired) electrons. The molecule has 1 aromatic rings. The summed E-state index contributed by atoms with van der Waals surface area (Å²) in [7, 11) is 1.68. The number of hydrogen-bond acceptors (Lipinski definition) is 2. The number of benzene rings is 1. The Balaban J connectivity index is 0.00000312. The van der Waals surface area contributed by atoms with Gasteiger partial charge >= 0.3 is 0 Å². The van der Waals surface area contributed by atoms with E-state index in [0.717, 1.165) is 38.1 Å². The number of amides is 1. The number of guanidine groups is 1. The number of aliphatic imine (C=N–C) groups is 1. The summed E-state index contributed by atoms with van der Waals surface area (Å²) in [5, 5.41) is 3.18. The van der Waals surface area contributed by atoms with Crippen LogP contribution in [0.15, 0.2) is 23.2 Å². The molecule has 0 aromatic heterocycles. The number of nitrogens with one attached hydrogen (secondary N) is 1. The standard InChI is InChI=1S/C17H24F2N4O.HI/c1-21-17(23-8-2-3-12(11-23)9-16(20)24)22-7-6-13-10-14(18)4-5-15(13)19;/h4-5,10,12H,2-3,6-9,11H2,1H3,(H2,20,24)(H,21,22);1H. The van der Waals surface area contributed by atoms with Crippen molar-refractivity contribution in [2.24, 2.45) is 16.6 Å². The number of likely N-dealkylation sites (tertiary alicyclic amines) is 1. The monoisotopic (exact) mass is 466 g/mol. The largest absolute Gasteiger partial charge is 0.370 e. The third kappa shape index (κ3) is 6.75. The van der Waals surface area contributed by atoms with Crippen molar-refractivity contribution in [1.82, 2.24) is 10.2 Å². The molecule has 1 aromatic carbocycles. The molecule has 140 valence electrons. The number of rotatable bonds is 5. The second-order valence-electron chi connectivity index (χ2n) is 6.08. The molecule has 1 fully saturated rings. The Morgan fingerprint density at radius 2 is 2.20 bits per heavy atom. The summed E-state index contributed by atoms with van der Waals surface area (Å²) in [5.41, 5.74) is 5.62. The van der Waals surface area contributed by atoms with Crippen LogP contribution < -0.4 is 11.1 Å². The fraction of sp³-hybridized carbons (Fsp3) is 0.529. The number of primary amides is 1. The maximum Gasteiger partial charge on any atom is 0.217 e. The lowest BCUT2D eigenvalue weighted by Gasteiger charge is -2.34. The zero-order chi connectivity index (χ0) is 17.5. The molecule has 0 saturated carbocycles. The van der Waals surface area contributed by atoms with Crippen LogP contribution >= 0.6 is 24.0 Å². The first kappa shape index (κ1) is 21.6. The van der Waals surface area contributed by atoms with Gasteiger partial charge in [0.15, 0.2) is 5.96 Å². The highest BCUT2D eigenvalue weighted by molar-refractivity contribution is 14.0. The van der Waals surface area contributed by atoms with E-state index in [1.807, 2.05) is 0 Å². The molecule has 25 heavy (non-hydrogen) atoms. The molecule has 0 spiro atoms. The van der Waals surface area contributed by atoms with Crippen molar-refractivity contribution in [2.75, 3.05) is 26.7 Å². The number of carbonyl (C=O) groups excluding carboxylic acids is 1. The minimum Gasteiger partial charge on any atom is -0.370 e. The highest BCUT2D eigenvalue weighted by Gasteiger charge is 2.23. The summed E-state index contributed by atoms with van der Waals surface area (Å²) in [6.45, 7) is 2.02. The van der Waals surface area contributed by atoms with E-state index in [0.29, 0.717) is 30.9 Å². The van der Waals surface area contributed by atoms with Crippen molar-refractivity contribution in [3.63, 3.8) is 0 Å². The number of hydrogen-bond donors (Lipinski definition) is 2. The van der Waals surface area contributed by atoms with Crippen molar-refractivity contribution in [2.45, 2.75) is 25.7 Å². The molecule has 1 aliphatic heterocycles. The Morgan fingerprint density at radius 3 is 2.88 bits per heavy atom. The van der Waals surface area contributed by atoms with Crippen LogP contribution in [0.25, 0.3) is 0 Å². The summed E-state index contributed by atoms with van der Waals surface area (Å²) >= 11 is 0. The topological polar surface area (TPSA) is 70.7 Å². The minimum absolute atomic E-state index is 0. The lowest BCUT2D eigenvalue weighted by atomic mass is 9.95. The van der Waals surface area contributed by atoms with E-state index in [4.69, 9.17) is 5.73 Å². The third-order valence-electron chi connectivity index (χ3n) is 4.21. The van der Waals surface area contributed by atoms with Crippen LogP contribution in [0.3, 0.4) is 0 Å². The van der Waals surface area contributed by atoms with Crippen LogP contribution in [-0.2, 0) is 11.2 Å². The van der Waals surface area contributed by atoms with Gasteiger partial charge < -0.3 is 16.0 Å². The van der Waals surface area contributed by atoms with E-state index in [2.05, 4.69) is 15.2 Å². The smallest absolute Gasteiger partial charge is 0.217 e. The average Bonchev–Trinajstić information content (AvgIpc) is 2.54. The summed E-state index contributed by atoms with van der Waals surface area (Å²) in [4.78, 5) is 17.4. The Morgan fingerprint density at radius 1 is 1.44 bits per heavy atom. The molecule has 8 heteroatoms. The second-order valence-corrected chi connectivity index (χ2v) is 6.08. The van der Waals surface area contributed by atoms with E-state index >= 15 is 0 Å². The fourth-order valence-corrected chi connectivity index (χ4v) is 3.08. The maximum absolute atomic E-state index is 13.6. The molecule has 2 rings (SSSR count). The summed E-state index contributed by atoms with van der Waals surface area (Å²) in [6.07, 6.45) is 2.69. The van der Waals surface area contributed by atoms with Crippen LogP contribution in [0.5, 0.6) is 0 Å². The lowest BCUT2D eigenvalue weighted by Crippen LogP contribution is -2.47. The van der Waals surface area contributed by atoms with E-state index in [1.165, 1.54) is 6.07 Å². The van der Waals surface area contributed by atoms with Gasteiger partial charge in [-0.3, -0.25) is 9.79 Å². The van der Waals surface area contributed by atoms with Crippen molar-refractivity contribution in [3.8, 4) is 0 Å². The number of halogens is 3. The number of piperidine rings is 1. The van der Waals surface area contributed by atoms with E-state index in [9.17, 15) is 13.6 Å². The minimum atomic E-state index is -0.443. The SMILES string of the molecule is CN=C(NCCc1cc(F)ccc1F)N1CCCC(CC(N)=O)C1.I. The van der Waals surface area contributed by atoms with Gasteiger partial charge in [-0.1, -0.05) is 0 Å². The van der Waals surface area contributed by atoms with Gasteiger partial charge in [-0.15, -0.1) is 24.0 Å². The summed E-state index contributed by atoms with van der Waals surface area (Å²) in [6, 6.07) is 3.46. The number of nitrogens with two attached hydrogens (primary N) is 1. The molecule has 1 heterocycles. The normalized spacial score (nSPS) is 17.8. The first-order valence-corrected chi connectivity index (χ1v) is 8.17. The Hall–Kier alpha value is -1.45. The summed E-state index contributed by atoms with van der Waals surface area (Å²) in [5.74, 6) is -0.198. The van der Waals surface area contributed by atoms with E-state index in [1.54, 1.807) is 7.05 Å². The molecule has 1 saturated heterocycles. The molecule has 0 aliphatic carbocycles. The number of nitrogens with zero attached hydrogens (tertiary/aromatic N) is 2. The van der Waals surface area contributed by atoms with Gasteiger partial charge in [-0.25, -0.2) is 8.78 Å². The van der Waals surface area contributed by atoms with Crippen LogP contribution in [0, 0.1) is 17.6 Å². The van der Waals surface area contributed by atoms with Crippen LogP contribution in [0.2, 0.25) is 0 Å². The third-order valence-corrected chi connectivity index (χ3v) is 4.21. The Labute approximate surface area is 164 Å². The molecule has 1 amide bonds. The molecule has 1 aliphatic rings. The van der Waals surface area contributed by atoms with Gasteiger partial charge in [0.1, 0.15) is 11.6 Å². The second kappa shape index (κ2) is 10.5. The Bertz CT molecular complexity index is 612. The molecular formula is C17H25F2IN4O. The van der Waals surface area contributed by atoms with Gasteiger partial charge in [-0.05, 0) is 48.9 Å². The van der Waals surface area contributed by atoms with Crippen molar-refractivity contribution >= 4 is 35.8 Å². The quantitative estimate of drug-likeness (QED) is 0.398. The van der Waals surface area contributed by atoms with Crippen LogP contribution in [0.1, 0.15) is 24.8 Å². The van der Waals surface area contributed by atoms with Gasteiger partial charge in [0.2, 0.25) is 5.91 Å². The predicted molar refractivity (Wildman–Crippen MR) is 105 cm³/mol. The molecule has 1 unspecified atom stereocenters. The molecule has 3 N–H and O–H groups in total. The van der Waals surface area contributed by atoms with Crippen LogP contribution in [0.4, 0.5) is 8.78 Å². The highest BCUT2D eigenvalue weighted by Crippen LogP contribution is 2.19. The fourth-order valence-electron chi connectivity index (χ4n) is 3.08. The number of carbonyl (C=O) groups is 1. The first-order chi connectivity index (χ1) is 11.5. The average molecular weight is 466 g/mol. The zero-order valence-corrected chi connectivity index (χ0v) is 16.6. The Kier molecular flexibility index (Phi) is 9.09. The van der Waals surface area contributed by atoms with Crippen molar-refractivity contribution in [3.05, 3.63) is 35.4 Å². The van der Waals surface area contributed by atoms with Gasteiger partial charge in [0.05, 0.1) is 0 Å². The van der Waals surface area contributed by atoms with E-state index in [-0.39, 0.29) is 35.8 Å². The van der Waals surface area contributed by atoms with Crippen molar-refractivity contribution in [1.29, 1.82) is 0 Å². The van der Waals surface area contributed by atoms with Crippen LogP contribution in [-0.4, -0.2) is 43.4 Å². The van der Waals surface area contributed by atoms with Gasteiger partial charge in [0.25, 0.3) is 0 Å². The van der Waals surface area contributed by atoms with Gasteiger partial charge in [0, 0.05) is 33.1 Å². The molecule has 1 atom stereocenters.